The Morgan fingerprint density at radius 2 is 1.26 bits per heavy atom. The lowest BCUT2D eigenvalue weighted by Crippen LogP contribution is -2.32. The molecule has 1 N–H and O–H groups in total. The highest BCUT2D eigenvalue weighted by molar-refractivity contribution is 6.03. The zero-order valence-corrected chi connectivity index (χ0v) is 19.7. The molecule has 6 rings (SSSR count). The Bertz CT molecular complexity index is 1430. The number of hydrogen-bond donors (Lipinski definition) is 1. The van der Waals surface area contributed by atoms with Crippen LogP contribution in [0, 0.1) is 27.7 Å². The Kier molecular flexibility index (Phi) is 4.37. The SMILES string of the molecule is Cc1cc(C)c(C)c(Nc2cccc3c2C(=O)OC32c3ccccc3Oc3ccccc32)c1C. The van der Waals surface area contributed by atoms with Gasteiger partial charge in [0.15, 0.2) is 5.60 Å². The number of rotatable bonds is 2. The van der Waals surface area contributed by atoms with Gasteiger partial charge in [-0.3, -0.25) is 0 Å². The number of aryl methyl sites for hydroxylation is 2. The summed E-state index contributed by atoms with van der Waals surface area (Å²) in [5.74, 6) is 1.05. The molecule has 2 heterocycles. The number of fused-ring (bicyclic) bond motifs is 6. The predicted octanol–water partition coefficient (Wildman–Crippen LogP) is 7.23. The van der Waals surface area contributed by atoms with E-state index in [0.29, 0.717) is 17.1 Å². The van der Waals surface area contributed by atoms with E-state index < -0.39 is 5.60 Å². The second-order valence-corrected chi connectivity index (χ2v) is 9.15. The van der Waals surface area contributed by atoms with E-state index in [4.69, 9.17) is 9.47 Å². The maximum Gasteiger partial charge on any atom is 0.342 e. The minimum atomic E-state index is -1.05. The largest absolute Gasteiger partial charge is 0.456 e. The van der Waals surface area contributed by atoms with Crippen molar-refractivity contribution in [3.63, 3.8) is 0 Å². The maximum atomic E-state index is 13.6. The van der Waals surface area contributed by atoms with E-state index in [1.807, 2.05) is 66.7 Å². The number of benzene rings is 4. The van der Waals surface area contributed by atoms with Crippen LogP contribution in [0.3, 0.4) is 0 Å². The van der Waals surface area contributed by atoms with Crippen molar-refractivity contribution in [3.8, 4) is 11.5 Å². The molecule has 0 bridgehead atoms. The molecule has 0 aromatic heterocycles. The van der Waals surface area contributed by atoms with Crippen LogP contribution in [0.5, 0.6) is 11.5 Å². The van der Waals surface area contributed by atoms with E-state index >= 15 is 0 Å². The number of para-hydroxylation sites is 2. The van der Waals surface area contributed by atoms with Crippen LogP contribution in [0.25, 0.3) is 0 Å². The highest BCUT2D eigenvalue weighted by Gasteiger charge is 2.54. The van der Waals surface area contributed by atoms with Crippen molar-refractivity contribution in [2.45, 2.75) is 33.3 Å². The number of hydrogen-bond acceptors (Lipinski definition) is 4. The molecule has 168 valence electrons. The summed E-state index contributed by atoms with van der Waals surface area (Å²) in [4.78, 5) is 13.6. The van der Waals surface area contributed by atoms with Gasteiger partial charge in [-0.1, -0.05) is 54.6 Å². The summed E-state index contributed by atoms with van der Waals surface area (Å²) < 4.78 is 12.5. The molecule has 0 saturated carbocycles. The summed E-state index contributed by atoms with van der Waals surface area (Å²) in [5, 5.41) is 3.59. The van der Waals surface area contributed by atoms with Crippen molar-refractivity contribution < 1.29 is 14.3 Å². The van der Waals surface area contributed by atoms with Gasteiger partial charge in [-0.2, -0.15) is 0 Å². The van der Waals surface area contributed by atoms with Gasteiger partial charge in [0, 0.05) is 22.4 Å². The first-order valence-electron chi connectivity index (χ1n) is 11.5. The fourth-order valence-corrected chi connectivity index (χ4v) is 5.31. The number of carbonyl (C=O) groups is 1. The first-order chi connectivity index (χ1) is 16.4. The van der Waals surface area contributed by atoms with Gasteiger partial charge in [-0.15, -0.1) is 0 Å². The minimum Gasteiger partial charge on any atom is -0.456 e. The fraction of sp³-hybridized carbons (Fsp3) is 0.167. The van der Waals surface area contributed by atoms with Gasteiger partial charge in [0.2, 0.25) is 0 Å². The topological polar surface area (TPSA) is 47.6 Å². The molecular weight excluding hydrogens is 422 g/mol. The minimum absolute atomic E-state index is 0.343. The first-order valence-corrected chi connectivity index (χ1v) is 11.5. The second-order valence-electron chi connectivity index (χ2n) is 9.15. The average Bonchev–Trinajstić information content (AvgIpc) is 3.14. The number of anilines is 2. The molecule has 4 nitrogen and oxygen atoms in total. The Balaban J connectivity index is 1.60. The summed E-state index contributed by atoms with van der Waals surface area (Å²) in [7, 11) is 0. The quantitative estimate of drug-likeness (QED) is 0.329. The van der Waals surface area contributed by atoms with E-state index in [1.165, 1.54) is 22.3 Å². The van der Waals surface area contributed by atoms with E-state index in [1.54, 1.807) is 0 Å². The first kappa shape index (κ1) is 20.5. The van der Waals surface area contributed by atoms with Crippen molar-refractivity contribution in [2.75, 3.05) is 5.32 Å². The van der Waals surface area contributed by atoms with E-state index in [9.17, 15) is 4.79 Å². The number of nitrogens with one attached hydrogen (secondary N) is 1. The molecule has 0 radical (unpaired) electrons. The Morgan fingerprint density at radius 1 is 0.706 bits per heavy atom. The lowest BCUT2D eigenvalue weighted by atomic mass is 9.77. The summed E-state index contributed by atoms with van der Waals surface area (Å²) in [6, 6.07) is 23.7. The summed E-state index contributed by atoms with van der Waals surface area (Å²) >= 11 is 0. The third-order valence-electron chi connectivity index (χ3n) is 7.27. The van der Waals surface area contributed by atoms with Crippen molar-refractivity contribution in [2.24, 2.45) is 0 Å². The van der Waals surface area contributed by atoms with Crippen LogP contribution >= 0.6 is 0 Å². The lowest BCUT2D eigenvalue weighted by molar-refractivity contribution is 0.0225. The molecule has 4 aromatic carbocycles. The molecule has 0 unspecified atom stereocenters. The third kappa shape index (κ3) is 2.69. The molecule has 0 aliphatic carbocycles. The van der Waals surface area contributed by atoms with Crippen LogP contribution in [0.15, 0.2) is 72.8 Å². The van der Waals surface area contributed by atoms with Crippen molar-refractivity contribution in [3.05, 3.63) is 117 Å². The predicted molar refractivity (Wildman–Crippen MR) is 133 cm³/mol. The summed E-state index contributed by atoms with van der Waals surface area (Å²) in [5.41, 5.74) is 8.54. The third-order valence-corrected chi connectivity index (χ3v) is 7.27. The van der Waals surface area contributed by atoms with Gasteiger partial charge in [-0.25, -0.2) is 4.79 Å². The Labute approximate surface area is 199 Å². The van der Waals surface area contributed by atoms with Crippen LogP contribution in [0.4, 0.5) is 11.4 Å². The van der Waals surface area contributed by atoms with Gasteiger partial charge in [0.1, 0.15) is 11.5 Å². The number of esters is 1. The number of ether oxygens (including phenoxy) is 2. The van der Waals surface area contributed by atoms with Crippen LogP contribution in [-0.2, 0) is 10.3 Å². The molecule has 1 spiro atoms. The highest BCUT2D eigenvalue weighted by atomic mass is 16.6. The van der Waals surface area contributed by atoms with Crippen molar-refractivity contribution in [1.29, 1.82) is 0 Å². The van der Waals surface area contributed by atoms with Gasteiger partial charge in [-0.05, 0) is 68.1 Å². The van der Waals surface area contributed by atoms with Gasteiger partial charge in [0.05, 0.1) is 11.3 Å². The fourth-order valence-electron chi connectivity index (χ4n) is 5.31. The lowest BCUT2D eigenvalue weighted by Gasteiger charge is -2.36. The monoisotopic (exact) mass is 447 g/mol. The molecule has 4 heteroatoms. The molecule has 0 atom stereocenters. The zero-order chi connectivity index (χ0) is 23.6. The van der Waals surface area contributed by atoms with Gasteiger partial charge < -0.3 is 14.8 Å². The number of carbonyl (C=O) groups excluding carboxylic acids is 1. The molecule has 2 aliphatic rings. The van der Waals surface area contributed by atoms with Crippen LogP contribution in [-0.4, -0.2) is 5.97 Å². The maximum absolute atomic E-state index is 13.6. The van der Waals surface area contributed by atoms with E-state index in [2.05, 4.69) is 39.1 Å². The van der Waals surface area contributed by atoms with E-state index in [-0.39, 0.29) is 5.97 Å². The summed E-state index contributed by atoms with van der Waals surface area (Å²) in [6.45, 7) is 8.44. The van der Waals surface area contributed by atoms with Crippen LogP contribution in [0.2, 0.25) is 0 Å². The summed E-state index contributed by atoms with van der Waals surface area (Å²) in [6.07, 6.45) is 0. The van der Waals surface area contributed by atoms with Crippen molar-refractivity contribution >= 4 is 17.3 Å². The smallest absolute Gasteiger partial charge is 0.342 e. The molecule has 2 aliphatic heterocycles. The van der Waals surface area contributed by atoms with Crippen LogP contribution < -0.4 is 10.1 Å². The van der Waals surface area contributed by atoms with Crippen molar-refractivity contribution in [1.82, 2.24) is 0 Å². The zero-order valence-electron chi connectivity index (χ0n) is 19.7. The normalized spacial score (nSPS) is 14.6. The Morgan fingerprint density at radius 3 is 1.88 bits per heavy atom. The van der Waals surface area contributed by atoms with E-state index in [0.717, 1.165) is 28.1 Å². The standard InChI is InChI=1S/C30H25NO3/c1-17-16-18(2)20(4)28(19(17)3)31-24-13-9-12-23-27(24)29(32)34-30(23)21-10-5-7-14-25(21)33-26-15-8-6-11-22(26)30/h5-16,31H,1-4H3. The molecule has 4 aromatic rings. The second kappa shape index (κ2) is 7.22. The van der Waals surface area contributed by atoms with Gasteiger partial charge >= 0.3 is 5.97 Å². The molecule has 34 heavy (non-hydrogen) atoms. The molecule has 0 saturated heterocycles. The highest BCUT2D eigenvalue weighted by Crippen LogP contribution is 2.56. The Hall–Kier alpha value is -4.05. The molecular formula is C30H25NO3. The molecule has 0 amide bonds. The van der Waals surface area contributed by atoms with Gasteiger partial charge in [0.25, 0.3) is 0 Å². The average molecular weight is 448 g/mol. The van der Waals surface area contributed by atoms with Crippen LogP contribution in [0.1, 0.15) is 49.3 Å². The molecule has 0 fully saturated rings.